The van der Waals surface area contributed by atoms with Gasteiger partial charge in [-0.25, -0.2) is 0 Å². The maximum atomic E-state index is 5.15. The number of thiophene rings is 1. The summed E-state index contributed by atoms with van der Waals surface area (Å²) in [5, 5.41) is 5.67. The molecule has 0 aliphatic rings. The first-order valence-corrected chi connectivity index (χ1v) is 5.94. The molecule has 1 unspecified atom stereocenters. The Morgan fingerprint density at radius 1 is 1.57 bits per heavy atom. The van der Waals surface area contributed by atoms with Gasteiger partial charge in [0.2, 0.25) is 0 Å². The fraction of sp³-hybridized carbons (Fsp3) is 0.636. The van der Waals surface area contributed by atoms with E-state index in [1.807, 2.05) is 0 Å². The predicted molar refractivity (Wildman–Crippen MR) is 61.8 cm³/mol. The molecule has 0 bridgehead atoms. The molecule has 80 valence electrons. The number of hydrogen-bond donors (Lipinski definition) is 1. The highest BCUT2D eigenvalue weighted by molar-refractivity contribution is 7.10. The Hall–Kier alpha value is -0.380. The van der Waals surface area contributed by atoms with Crippen LogP contribution in [0.4, 0.5) is 0 Å². The molecule has 0 saturated heterocycles. The van der Waals surface area contributed by atoms with Gasteiger partial charge in [-0.2, -0.15) is 0 Å². The van der Waals surface area contributed by atoms with Gasteiger partial charge in [-0.05, 0) is 24.8 Å². The van der Waals surface area contributed by atoms with Crippen LogP contribution in [0.5, 0.6) is 0 Å². The van der Waals surface area contributed by atoms with Crippen LogP contribution in [0.25, 0.3) is 0 Å². The lowest BCUT2D eigenvalue weighted by Crippen LogP contribution is -2.34. The molecule has 2 nitrogen and oxygen atoms in total. The highest BCUT2D eigenvalue weighted by Gasteiger charge is 2.11. The van der Waals surface area contributed by atoms with Crippen LogP contribution in [0, 0.1) is 0 Å². The fourth-order valence-corrected chi connectivity index (χ4v) is 2.20. The molecule has 0 amide bonds. The van der Waals surface area contributed by atoms with E-state index in [-0.39, 0.29) is 0 Å². The molecule has 1 rings (SSSR count). The van der Waals surface area contributed by atoms with E-state index in [1.165, 1.54) is 4.88 Å². The molecule has 0 saturated carbocycles. The largest absolute Gasteiger partial charge is 0.383 e. The van der Waals surface area contributed by atoms with Crippen LogP contribution in [0.1, 0.15) is 31.2 Å². The second-order valence-corrected chi connectivity index (χ2v) is 4.44. The van der Waals surface area contributed by atoms with Gasteiger partial charge in [-0.15, -0.1) is 11.3 Å². The summed E-state index contributed by atoms with van der Waals surface area (Å²) in [4.78, 5) is 1.39. The molecule has 14 heavy (non-hydrogen) atoms. The minimum Gasteiger partial charge on any atom is -0.383 e. The summed E-state index contributed by atoms with van der Waals surface area (Å²) in [5.41, 5.74) is 0. The van der Waals surface area contributed by atoms with Crippen LogP contribution in [0.2, 0.25) is 0 Å². The summed E-state index contributed by atoms with van der Waals surface area (Å²) in [6.07, 6.45) is 1.10. The minimum atomic E-state index is 0.426. The molecule has 1 aromatic heterocycles. The first kappa shape index (κ1) is 11.7. The van der Waals surface area contributed by atoms with Crippen LogP contribution in [0.3, 0.4) is 0 Å². The summed E-state index contributed by atoms with van der Waals surface area (Å²) in [5.74, 6) is 0. The lowest BCUT2D eigenvalue weighted by Gasteiger charge is -2.20. The van der Waals surface area contributed by atoms with E-state index < -0.39 is 0 Å². The van der Waals surface area contributed by atoms with E-state index in [9.17, 15) is 0 Å². The predicted octanol–water partition coefficient (Wildman–Crippen LogP) is 2.82. The van der Waals surface area contributed by atoms with Gasteiger partial charge in [-0.3, -0.25) is 0 Å². The Kier molecular flexibility index (Phi) is 5.15. The number of methoxy groups -OCH3 is 1. The molecule has 1 N–H and O–H groups in total. The van der Waals surface area contributed by atoms with Crippen molar-refractivity contribution in [2.24, 2.45) is 0 Å². The Morgan fingerprint density at radius 2 is 2.36 bits per heavy atom. The maximum Gasteiger partial charge on any atom is 0.0615 e. The lowest BCUT2D eigenvalue weighted by atomic mass is 10.2. The SMILES string of the molecule is CCC(COC)N[C@@H](C)c1cccs1. The minimum absolute atomic E-state index is 0.426. The Bertz CT molecular complexity index is 235. The number of ether oxygens (including phenoxy) is 1. The first-order chi connectivity index (χ1) is 6.77. The molecule has 3 heteroatoms. The zero-order chi connectivity index (χ0) is 10.4. The number of rotatable bonds is 6. The fourth-order valence-electron chi connectivity index (χ4n) is 1.46. The van der Waals surface area contributed by atoms with Crippen LogP contribution in [-0.4, -0.2) is 19.8 Å². The monoisotopic (exact) mass is 213 g/mol. The molecule has 0 aliphatic carbocycles. The second kappa shape index (κ2) is 6.17. The van der Waals surface area contributed by atoms with Crippen molar-refractivity contribution >= 4 is 11.3 Å². The van der Waals surface area contributed by atoms with Crippen molar-refractivity contribution in [3.05, 3.63) is 22.4 Å². The van der Waals surface area contributed by atoms with Gasteiger partial charge in [0, 0.05) is 24.1 Å². The molecule has 0 aliphatic heterocycles. The van der Waals surface area contributed by atoms with E-state index in [0.717, 1.165) is 13.0 Å². The third-order valence-corrected chi connectivity index (χ3v) is 3.37. The average Bonchev–Trinajstić information content (AvgIpc) is 2.69. The number of nitrogens with one attached hydrogen (secondary N) is 1. The summed E-state index contributed by atoms with van der Waals surface area (Å²) < 4.78 is 5.15. The molecular formula is C11H19NOS. The van der Waals surface area contributed by atoms with Crippen molar-refractivity contribution in [3.8, 4) is 0 Å². The van der Waals surface area contributed by atoms with Crippen molar-refractivity contribution in [2.45, 2.75) is 32.4 Å². The van der Waals surface area contributed by atoms with E-state index in [4.69, 9.17) is 4.74 Å². The summed E-state index contributed by atoms with van der Waals surface area (Å²) in [6.45, 7) is 5.16. The quantitative estimate of drug-likeness (QED) is 0.784. The molecule has 0 fully saturated rings. The highest BCUT2D eigenvalue weighted by atomic mass is 32.1. The third-order valence-electron chi connectivity index (χ3n) is 2.32. The topological polar surface area (TPSA) is 21.3 Å². The van der Waals surface area contributed by atoms with Gasteiger partial charge in [0.05, 0.1) is 6.61 Å². The molecule has 1 heterocycles. The number of hydrogen-bond acceptors (Lipinski definition) is 3. The van der Waals surface area contributed by atoms with Crippen LogP contribution in [-0.2, 0) is 4.74 Å². The standard InChI is InChI=1S/C11H19NOS/c1-4-10(8-13-3)12-9(2)11-6-5-7-14-11/h5-7,9-10,12H,4,8H2,1-3H3/t9-,10?/m0/s1. The zero-order valence-corrected chi connectivity index (χ0v) is 9.93. The molecular weight excluding hydrogens is 194 g/mol. The van der Waals surface area contributed by atoms with Crippen molar-refractivity contribution in [2.75, 3.05) is 13.7 Å². The molecule has 0 aromatic carbocycles. The normalized spacial score (nSPS) is 15.4. The average molecular weight is 213 g/mol. The van der Waals surface area contributed by atoms with Crippen molar-refractivity contribution in [1.29, 1.82) is 0 Å². The van der Waals surface area contributed by atoms with Gasteiger partial charge in [0.25, 0.3) is 0 Å². The second-order valence-electron chi connectivity index (χ2n) is 3.46. The van der Waals surface area contributed by atoms with Gasteiger partial charge >= 0.3 is 0 Å². The van der Waals surface area contributed by atoms with Crippen LogP contribution < -0.4 is 5.32 Å². The van der Waals surface area contributed by atoms with Gasteiger partial charge in [-0.1, -0.05) is 13.0 Å². The smallest absolute Gasteiger partial charge is 0.0615 e. The van der Waals surface area contributed by atoms with E-state index in [2.05, 4.69) is 36.7 Å². The molecule has 2 atom stereocenters. The van der Waals surface area contributed by atoms with Crippen molar-refractivity contribution in [1.82, 2.24) is 5.32 Å². The van der Waals surface area contributed by atoms with E-state index in [0.29, 0.717) is 12.1 Å². The van der Waals surface area contributed by atoms with Gasteiger partial charge < -0.3 is 10.1 Å². The zero-order valence-electron chi connectivity index (χ0n) is 9.12. The van der Waals surface area contributed by atoms with Crippen molar-refractivity contribution < 1.29 is 4.74 Å². The van der Waals surface area contributed by atoms with E-state index >= 15 is 0 Å². The summed E-state index contributed by atoms with van der Waals surface area (Å²) in [7, 11) is 1.75. The Balaban J connectivity index is 2.42. The Labute approximate surface area is 90.3 Å². The molecule has 0 spiro atoms. The van der Waals surface area contributed by atoms with Gasteiger partial charge in [0.15, 0.2) is 0 Å². The first-order valence-electron chi connectivity index (χ1n) is 5.06. The molecule has 1 aromatic rings. The van der Waals surface area contributed by atoms with Crippen molar-refractivity contribution in [3.63, 3.8) is 0 Å². The van der Waals surface area contributed by atoms with Crippen LogP contribution in [0.15, 0.2) is 17.5 Å². The summed E-state index contributed by atoms with van der Waals surface area (Å²) in [6, 6.07) is 5.14. The van der Waals surface area contributed by atoms with E-state index in [1.54, 1.807) is 18.4 Å². The third kappa shape index (κ3) is 3.40. The Morgan fingerprint density at radius 3 is 2.86 bits per heavy atom. The lowest BCUT2D eigenvalue weighted by molar-refractivity contribution is 0.160. The maximum absolute atomic E-state index is 5.15. The summed E-state index contributed by atoms with van der Waals surface area (Å²) >= 11 is 1.80. The van der Waals surface area contributed by atoms with Crippen LogP contribution >= 0.6 is 11.3 Å². The molecule has 0 radical (unpaired) electrons. The highest BCUT2D eigenvalue weighted by Crippen LogP contribution is 2.18. The van der Waals surface area contributed by atoms with Gasteiger partial charge in [0.1, 0.15) is 0 Å².